The fourth-order valence-electron chi connectivity index (χ4n) is 2.95. The van der Waals surface area contributed by atoms with Gasteiger partial charge in [-0.15, -0.1) is 10.2 Å². The first kappa shape index (κ1) is 19.3. The van der Waals surface area contributed by atoms with Crippen LogP contribution in [0.4, 0.5) is 0 Å². The minimum atomic E-state index is 0.342. The lowest BCUT2D eigenvalue weighted by Crippen LogP contribution is -1.95. The van der Waals surface area contributed by atoms with E-state index in [4.69, 9.17) is 23.4 Å². The molecule has 1 heterocycles. The molecule has 4 rings (SSSR count). The Kier molecular flexibility index (Phi) is 5.52. The number of para-hydroxylation sites is 1. The largest absolute Gasteiger partial charge is 0.493 e. The van der Waals surface area contributed by atoms with E-state index in [0.29, 0.717) is 40.3 Å². The van der Waals surface area contributed by atoms with E-state index in [2.05, 4.69) is 10.2 Å². The molecule has 0 radical (unpaired) electrons. The summed E-state index contributed by atoms with van der Waals surface area (Å²) in [4.78, 5) is 0. The summed E-state index contributed by atoms with van der Waals surface area (Å²) in [6.07, 6.45) is 0. The SMILES string of the molecule is COc1cc(-c2nnc(-c3ccc(Oc4ccccc4)cc3)o2)cc(OC)c1OC. The van der Waals surface area contributed by atoms with Gasteiger partial charge in [0.25, 0.3) is 0 Å². The van der Waals surface area contributed by atoms with Crippen molar-refractivity contribution in [3.63, 3.8) is 0 Å². The highest BCUT2D eigenvalue weighted by molar-refractivity contribution is 5.66. The van der Waals surface area contributed by atoms with Crippen LogP contribution < -0.4 is 18.9 Å². The van der Waals surface area contributed by atoms with Gasteiger partial charge in [0.15, 0.2) is 11.5 Å². The van der Waals surface area contributed by atoms with Gasteiger partial charge in [-0.3, -0.25) is 0 Å². The third kappa shape index (κ3) is 3.91. The number of nitrogens with zero attached hydrogens (tertiary/aromatic N) is 2. The van der Waals surface area contributed by atoms with E-state index in [9.17, 15) is 0 Å². The number of methoxy groups -OCH3 is 3. The number of ether oxygens (including phenoxy) is 4. The molecule has 30 heavy (non-hydrogen) atoms. The van der Waals surface area contributed by atoms with Gasteiger partial charge < -0.3 is 23.4 Å². The topological polar surface area (TPSA) is 75.8 Å². The van der Waals surface area contributed by atoms with E-state index < -0.39 is 0 Å². The Labute approximate surface area is 173 Å². The van der Waals surface area contributed by atoms with Crippen LogP contribution in [0.15, 0.2) is 71.1 Å². The molecule has 0 fully saturated rings. The summed E-state index contributed by atoms with van der Waals surface area (Å²) in [5, 5.41) is 8.32. The Bertz CT molecular complexity index is 1100. The molecule has 0 aliphatic carbocycles. The maximum Gasteiger partial charge on any atom is 0.248 e. The Morgan fingerprint density at radius 3 is 1.77 bits per heavy atom. The van der Waals surface area contributed by atoms with E-state index >= 15 is 0 Å². The summed E-state index contributed by atoms with van der Waals surface area (Å²) in [7, 11) is 4.66. The molecule has 0 aliphatic heterocycles. The average molecular weight is 404 g/mol. The van der Waals surface area contributed by atoms with Gasteiger partial charge in [0, 0.05) is 11.1 Å². The average Bonchev–Trinajstić information content (AvgIpc) is 3.29. The van der Waals surface area contributed by atoms with Gasteiger partial charge in [-0.25, -0.2) is 0 Å². The maximum atomic E-state index is 5.87. The standard InChI is InChI=1S/C23H20N2O5/c1-26-19-13-16(14-20(27-2)21(19)28-3)23-25-24-22(30-23)15-9-11-18(12-10-15)29-17-7-5-4-6-8-17/h4-14H,1-3H3. The summed E-state index contributed by atoms with van der Waals surface area (Å²) in [5.41, 5.74) is 1.44. The second kappa shape index (κ2) is 8.57. The molecule has 0 N–H and O–H groups in total. The number of aromatic nitrogens is 2. The smallest absolute Gasteiger partial charge is 0.248 e. The zero-order chi connectivity index (χ0) is 20.9. The zero-order valence-electron chi connectivity index (χ0n) is 16.8. The van der Waals surface area contributed by atoms with Crippen molar-refractivity contribution < 1.29 is 23.4 Å². The lowest BCUT2D eigenvalue weighted by molar-refractivity contribution is 0.324. The number of hydrogen-bond acceptors (Lipinski definition) is 7. The van der Waals surface area contributed by atoms with Crippen molar-refractivity contribution >= 4 is 0 Å². The zero-order valence-corrected chi connectivity index (χ0v) is 16.8. The highest BCUT2D eigenvalue weighted by Gasteiger charge is 2.18. The molecule has 0 spiro atoms. The van der Waals surface area contributed by atoms with E-state index in [-0.39, 0.29) is 0 Å². The lowest BCUT2D eigenvalue weighted by atomic mass is 10.2. The van der Waals surface area contributed by atoms with Crippen molar-refractivity contribution in [3.05, 3.63) is 66.7 Å². The van der Waals surface area contributed by atoms with Gasteiger partial charge in [-0.05, 0) is 48.5 Å². The third-order valence-electron chi connectivity index (χ3n) is 4.42. The van der Waals surface area contributed by atoms with E-state index in [1.165, 1.54) is 0 Å². The summed E-state index contributed by atoms with van der Waals surface area (Å²) >= 11 is 0. The van der Waals surface area contributed by atoms with Crippen LogP contribution in [0.1, 0.15) is 0 Å². The van der Waals surface area contributed by atoms with Crippen molar-refractivity contribution in [2.45, 2.75) is 0 Å². The van der Waals surface area contributed by atoms with Crippen LogP contribution in [0.3, 0.4) is 0 Å². The van der Waals surface area contributed by atoms with Gasteiger partial charge >= 0.3 is 0 Å². The van der Waals surface area contributed by atoms with Gasteiger partial charge in [0.2, 0.25) is 17.5 Å². The molecular formula is C23H20N2O5. The highest BCUT2D eigenvalue weighted by Crippen LogP contribution is 2.41. The molecule has 0 saturated carbocycles. The van der Waals surface area contributed by atoms with Crippen LogP contribution in [0.25, 0.3) is 22.9 Å². The van der Waals surface area contributed by atoms with Crippen molar-refractivity contribution in [2.75, 3.05) is 21.3 Å². The fourth-order valence-corrected chi connectivity index (χ4v) is 2.95. The normalized spacial score (nSPS) is 10.5. The van der Waals surface area contributed by atoms with Crippen molar-refractivity contribution in [2.24, 2.45) is 0 Å². The Morgan fingerprint density at radius 1 is 0.633 bits per heavy atom. The first-order valence-corrected chi connectivity index (χ1v) is 9.19. The lowest BCUT2D eigenvalue weighted by Gasteiger charge is -2.12. The third-order valence-corrected chi connectivity index (χ3v) is 4.42. The van der Waals surface area contributed by atoms with Crippen molar-refractivity contribution in [1.82, 2.24) is 10.2 Å². The summed E-state index contributed by atoms with van der Waals surface area (Å²) in [6.45, 7) is 0. The number of benzene rings is 3. The summed E-state index contributed by atoms with van der Waals surface area (Å²) < 4.78 is 27.8. The predicted molar refractivity (Wildman–Crippen MR) is 111 cm³/mol. The fraction of sp³-hybridized carbons (Fsp3) is 0.130. The molecule has 7 heteroatoms. The molecule has 0 unspecified atom stereocenters. The minimum absolute atomic E-state index is 0.342. The summed E-state index contributed by atoms with van der Waals surface area (Å²) in [6, 6.07) is 20.5. The molecule has 0 amide bonds. The van der Waals surface area contributed by atoms with Gasteiger partial charge in [0.05, 0.1) is 21.3 Å². The maximum absolute atomic E-state index is 5.87. The van der Waals surface area contributed by atoms with Crippen molar-refractivity contribution in [1.29, 1.82) is 0 Å². The number of rotatable bonds is 7. The Balaban J connectivity index is 1.58. The molecule has 1 aromatic heterocycles. The quantitative estimate of drug-likeness (QED) is 0.418. The van der Waals surface area contributed by atoms with Crippen LogP contribution in [-0.4, -0.2) is 31.5 Å². The first-order valence-electron chi connectivity index (χ1n) is 9.19. The molecule has 152 valence electrons. The van der Waals surface area contributed by atoms with Gasteiger partial charge in [-0.1, -0.05) is 18.2 Å². The van der Waals surface area contributed by atoms with Crippen LogP contribution >= 0.6 is 0 Å². The Morgan fingerprint density at radius 2 is 1.20 bits per heavy atom. The van der Waals surface area contributed by atoms with Gasteiger partial charge in [-0.2, -0.15) is 0 Å². The van der Waals surface area contributed by atoms with Crippen LogP contribution in [0.5, 0.6) is 28.7 Å². The monoisotopic (exact) mass is 404 g/mol. The highest BCUT2D eigenvalue weighted by atomic mass is 16.5. The van der Waals surface area contributed by atoms with E-state index in [1.54, 1.807) is 33.5 Å². The second-order valence-corrected chi connectivity index (χ2v) is 6.27. The van der Waals surface area contributed by atoms with Crippen LogP contribution in [0, 0.1) is 0 Å². The first-order chi connectivity index (χ1) is 14.7. The Hall–Kier alpha value is -4.00. The molecule has 0 saturated heterocycles. The molecule has 0 bridgehead atoms. The van der Waals surface area contributed by atoms with Crippen LogP contribution in [-0.2, 0) is 0 Å². The van der Waals surface area contributed by atoms with Gasteiger partial charge in [0.1, 0.15) is 11.5 Å². The molecule has 0 atom stereocenters. The molecule has 3 aromatic carbocycles. The summed E-state index contributed by atoms with van der Waals surface area (Å²) in [5.74, 6) is 3.74. The minimum Gasteiger partial charge on any atom is -0.493 e. The second-order valence-electron chi connectivity index (χ2n) is 6.27. The van der Waals surface area contributed by atoms with E-state index in [1.807, 2.05) is 54.6 Å². The molecule has 0 aliphatic rings. The number of hydrogen-bond donors (Lipinski definition) is 0. The molecule has 4 aromatic rings. The molecule has 7 nitrogen and oxygen atoms in total. The predicted octanol–water partition coefficient (Wildman–Crippen LogP) is 5.22. The van der Waals surface area contributed by atoms with Crippen molar-refractivity contribution in [3.8, 4) is 51.7 Å². The van der Waals surface area contributed by atoms with Crippen LogP contribution in [0.2, 0.25) is 0 Å². The molecular weight excluding hydrogens is 384 g/mol. The van der Waals surface area contributed by atoms with E-state index in [0.717, 1.165) is 11.3 Å².